The van der Waals surface area contributed by atoms with Crippen LogP contribution >= 0.6 is 11.6 Å². The van der Waals surface area contributed by atoms with E-state index < -0.39 is 0 Å². The second kappa shape index (κ2) is 6.29. The predicted molar refractivity (Wildman–Crippen MR) is 77.7 cm³/mol. The molecular weight excluding hydrogens is 262 g/mol. The van der Waals surface area contributed by atoms with E-state index in [1.54, 1.807) is 0 Å². The van der Waals surface area contributed by atoms with Crippen molar-refractivity contribution in [3.05, 3.63) is 23.8 Å². The predicted octanol–water partition coefficient (Wildman–Crippen LogP) is 3.81. The normalized spacial score (nSPS) is 15.9. The average Bonchev–Trinajstić information content (AvgIpc) is 3.24. The molecule has 0 spiro atoms. The first-order valence-electron chi connectivity index (χ1n) is 6.78. The highest BCUT2D eigenvalue weighted by molar-refractivity contribution is 6.17. The van der Waals surface area contributed by atoms with Gasteiger partial charge in [0, 0.05) is 17.2 Å². The van der Waals surface area contributed by atoms with Gasteiger partial charge in [0.2, 0.25) is 5.91 Å². The highest BCUT2D eigenvalue weighted by atomic mass is 35.5. The van der Waals surface area contributed by atoms with Gasteiger partial charge in [-0.25, -0.2) is 0 Å². The Balaban J connectivity index is 2.05. The molecule has 1 saturated carbocycles. The van der Waals surface area contributed by atoms with Crippen molar-refractivity contribution in [1.82, 2.24) is 0 Å². The van der Waals surface area contributed by atoms with Gasteiger partial charge in [0.25, 0.3) is 0 Å². The molecule has 1 aliphatic carbocycles. The molecular formula is C15H20ClNO2. The van der Waals surface area contributed by atoms with Gasteiger partial charge in [0.15, 0.2) is 0 Å². The zero-order chi connectivity index (χ0) is 13.8. The smallest absolute Gasteiger partial charge is 0.227 e. The van der Waals surface area contributed by atoms with Gasteiger partial charge in [-0.05, 0) is 43.9 Å². The number of alkyl halides is 1. The molecule has 1 N–H and O–H groups in total. The van der Waals surface area contributed by atoms with Crippen LogP contribution in [0.25, 0.3) is 0 Å². The lowest BCUT2D eigenvalue weighted by Gasteiger charge is -2.13. The second-order valence-electron chi connectivity index (χ2n) is 5.00. The van der Waals surface area contributed by atoms with E-state index in [-0.39, 0.29) is 11.8 Å². The highest BCUT2D eigenvalue weighted by Crippen LogP contribution is 2.37. The van der Waals surface area contributed by atoms with E-state index in [4.69, 9.17) is 16.3 Å². The van der Waals surface area contributed by atoms with E-state index >= 15 is 0 Å². The molecule has 1 aromatic carbocycles. The summed E-state index contributed by atoms with van der Waals surface area (Å²) < 4.78 is 5.49. The maximum atomic E-state index is 12.0. The van der Waals surface area contributed by atoms with Crippen LogP contribution in [0, 0.1) is 11.8 Å². The minimum Gasteiger partial charge on any atom is -0.494 e. The van der Waals surface area contributed by atoms with E-state index in [1.165, 1.54) is 12.8 Å². The third kappa shape index (κ3) is 3.63. The minimum atomic E-state index is 0.0889. The van der Waals surface area contributed by atoms with Crippen LogP contribution < -0.4 is 10.1 Å². The molecule has 1 fully saturated rings. The first-order chi connectivity index (χ1) is 9.15. The summed E-state index contributed by atoms with van der Waals surface area (Å²) in [6, 6.07) is 5.60. The van der Waals surface area contributed by atoms with Crippen molar-refractivity contribution in [3.8, 4) is 5.75 Å². The summed E-state index contributed by atoms with van der Waals surface area (Å²) in [4.78, 5) is 12.0. The van der Waals surface area contributed by atoms with Gasteiger partial charge in [0.05, 0.1) is 12.5 Å². The molecule has 4 heteroatoms. The van der Waals surface area contributed by atoms with Crippen molar-refractivity contribution in [2.75, 3.05) is 11.9 Å². The molecule has 1 aliphatic rings. The van der Waals surface area contributed by atoms with E-state index in [2.05, 4.69) is 5.32 Å². The van der Waals surface area contributed by atoms with Crippen LogP contribution in [0.5, 0.6) is 5.75 Å². The molecule has 2 rings (SSSR count). The number of benzene rings is 1. The third-order valence-electron chi connectivity index (χ3n) is 3.51. The van der Waals surface area contributed by atoms with Crippen LogP contribution in [0.4, 0.5) is 5.69 Å². The van der Waals surface area contributed by atoms with Gasteiger partial charge in [-0.2, -0.15) is 0 Å². The van der Waals surface area contributed by atoms with Crippen molar-refractivity contribution in [1.29, 1.82) is 0 Å². The van der Waals surface area contributed by atoms with Crippen LogP contribution in [0.3, 0.4) is 0 Å². The largest absolute Gasteiger partial charge is 0.494 e. The Bertz CT molecular complexity index is 457. The van der Waals surface area contributed by atoms with Crippen molar-refractivity contribution in [2.45, 2.75) is 32.6 Å². The SMILES string of the molecule is CCOc1ccc(NC(=O)C(C)C2CC2)cc1CCl. The quantitative estimate of drug-likeness (QED) is 0.805. The molecule has 104 valence electrons. The molecule has 0 saturated heterocycles. The Kier molecular flexibility index (Phi) is 4.70. The Hall–Kier alpha value is -1.22. The van der Waals surface area contributed by atoms with Crippen molar-refractivity contribution >= 4 is 23.2 Å². The van der Waals surface area contributed by atoms with Gasteiger partial charge in [-0.15, -0.1) is 11.6 Å². The van der Waals surface area contributed by atoms with Gasteiger partial charge in [0.1, 0.15) is 5.75 Å². The first kappa shape index (κ1) is 14.2. The molecule has 19 heavy (non-hydrogen) atoms. The fourth-order valence-corrected chi connectivity index (χ4v) is 2.33. The lowest BCUT2D eigenvalue weighted by atomic mass is 10.1. The lowest BCUT2D eigenvalue weighted by molar-refractivity contribution is -0.119. The van der Waals surface area contributed by atoms with Gasteiger partial charge in [-0.3, -0.25) is 4.79 Å². The average molecular weight is 282 g/mol. The number of anilines is 1. The number of carbonyl (C=O) groups is 1. The number of carbonyl (C=O) groups excluding carboxylic acids is 1. The monoisotopic (exact) mass is 281 g/mol. The molecule has 0 aromatic heterocycles. The van der Waals surface area contributed by atoms with Crippen LogP contribution in [0.2, 0.25) is 0 Å². The van der Waals surface area contributed by atoms with Crippen LogP contribution in [0.15, 0.2) is 18.2 Å². The summed E-state index contributed by atoms with van der Waals surface area (Å²) in [5.41, 5.74) is 1.69. The highest BCUT2D eigenvalue weighted by Gasteiger charge is 2.32. The summed E-state index contributed by atoms with van der Waals surface area (Å²) in [6.45, 7) is 4.53. The minimum absolute atomic E-state index is 0.0889. The van der Waals surface area contributed by atoms with Gasteiger partial charge >= 0.3 is 0 Å². The van der Waals surface area contributed by atoms with Gasteiger partial charge < -0.3 is 10.1 Å². The standard InChI is InChI=1S/C15H20ClNO2/c1-3-19-14-7-6-13(8-12(14)9-16)17-15(18)10(2)11-4-5-11/h6-8,10-11H,3-5,9H2,1-2H3,(H,17,18). The van der Waals surface area contributed by atoms with Crippen LogP contribution in [-0.4, -0.2) is 12.5 Å². The molecule has 0 heterocycles. The molecule has 0 bridgehead atoms. The summed E-state index contributed by atoms with van der Waals surface area (Å²) in [5, 5.41) is 2.95. The second-order valence-corrected chi connectivity index (χ2v) is 5.27. The molecule has 0 aliphatic heterocycles. The van der Waals surface area contributed by atoms with Crippen LogP contribution in [-0.2, 0) is 10.7 Å². The fourth-order valence-electron chi connectivity index (χ4n) is 2.12. The number of halogens is 1. The maximum Gasteiger partial charge on any atom is 0.227 e. The van der Waals surface area contributed by atoms with Crippen molar-refractivity contribution < 1.29 is 9.53 Å². The zero-order valence-electron chi connectivity index (χ0n) is 11.4. The van der Waals surface area contributed by atoms with Crippen molar-refractivity contribution in [3.63, 3.8) is 0 Å². The summed E-state index contributed by atoms with van der Waals surface area (Å²) in [5.74, 6) is 1.90. The summed E-state index contributed by atoms with van der Waals surface area (Å²) >= 11 is 5.91. The topological polar surface area (TPSA) is 38.3 Å². The Morgan fingerprint density at radius 1 is 1.53 bits per heavy atom. The molecule has 3 nitrogen and oxygen atoms in total. The zero-order valence-corrected chi connectivity index (χ0v) is 12.2. The molecule has 1 aromatic rings. The Morgan fingerprint density at radius 3 is 2.84 bits per heavy atom. The molecule has 1 amide bonds. The van der Waals surface area contributed by atoms with Crippen LogP contribution in [0.1, 0.15) is 32.3 Å². The van der Waals surface area contributed by atoms with E-state index in [1.807, 2.05) is 32.0 Å². The number of hydrogen-bond acceptors (Lipinski definition) is 2. The first-order valence-corrected chi connectivity index (χ1v) is 7.31. The number of ether oxygens (including phenoxy) is 1. The number of amides is 1. The summed E-state index contributed by atoms with van der Waals surface area (Å²) in [6.07, 6.45) is 2.34. The Labute approximate surface area is 119 Å². The molecule has 1 atom stereocenters. The van der Waals surface area contributed by atoms with E-state index in [0.29, 0.717) is 18.4 Å². The summed E-state index contributed by atoms with van der Waals surface area (Å²) in [7, 11) is 0. The molecule has 0 radical (unpaired) electrons. The number of hydrogen-bond donors (Lipinski definition) is 1. The fraction of sp³-hybridized carbons (Fsp3) is 0.533. The lowest BCUT2D eigenvalue weighted by Crippen LogP contribution is -2.21. The molecule has 1 unspecified atom stereocenters. The van der Waals surface area contributed by atoms with Gasteiger partial charge in [-0.1, -0.05) is 6.92 Å². The Morgan fingerprint density at radius 2 is 2.26 bits per heavy atom. The number of nitrogens with one attached hydrogen (secondary N) is 1. The third-order valence-corrected chi connectivity index (χ3v) is 3.80. The van der Waals surface area contributed by atoms with E-state index in [0.717, 1.165) is 17.0 Å². The van der Waals surface area contributed by atoms with E-state index in [9.17, 15) is 4.79 Å². The van der Waals surface area contributed by atoms with Crippen molar-refractivity contribution in [2.24, 2.45) is 11.8 Å². The number of rotatable bonds is 6. The maximum absolute atomic E-state index is 12.0.